The molecule has 0 bridgehead atoms. The number of hydrogen-bond acceptors (Lipinski definition) is 2. The monoisotopic (exact) mass is 196 g/mol. The summed E-state index contributed by atoms with van der Waals surface area (Å²) in [6.07, 6.45) is 3.93. The minimum atomic E-state index is -0.433. The number of nitrogens with one attached hydrogen (secondary N) is 1. The van der Waals surface area contributed by atoms with E-state index in [0.29, 0.717) is 5.92 Å². The normalized spacial score (nSPS) is 12.5. The van der Waals surface area contributed by atoms with Crippen LogP contribution < -0.4 is 5.32 Å². The molecular formula is C11H17FN2. The first-order valence-corrected chi connectivity index (χ1v) is 5.07. The summed E-state index contributed by atoms with van der Waals surface area (Å²) in [4.78, 5) is 3.57. The van der Waals surface area contributed by atoms with E-state index in [-0.39, 0.29) is 0 Å². The maximum absolute atomic E-state index is 12.5. The average molecular weight is 196 g/mol. The van der Waals surface area contributed by atoms with Gasteiger partial charge in [-0.05, 0) is 24.5 Å². The summed E-state index contributed by atoms with van der Waals surface area (Å²) in [5, 5.41) is 3.23. The number of hydrogen-bond donors (Lipinski definition) is 1. The van der Waals surface area contributed by atoms with Crippen molar-refractivity contribution in [2.24, 2.45) is 5.92 Å². The van der Waals surface area contributed by atoms with Gasteiger partial charge in [-0.25, -0.2) is 4.98 Å². The van der Waals surface area contributed by atoms with Crippen LogP contribution >= 0.6 is 0 Å². The van der Waals surface area contributed by atoms with Crippen molar-refractivity contribution in [3.8, 4) is 0 Å². The van der Waals surface area contributed by atoms with E-state index < -0.39 is 5.95 Å². The second kappa shape index (κ2) is 5.58. The molecule has 1 unspecified atom stereocenters. The molecule has 14 heavy (non-hydrogen) atoms. The second-order valence-electron chi connectivity index (χ2n) is 3.64. The smallest absolute Gasteiger partial charge is 0.212 e. The fourth-order valence-electron chi connectivity index (χ4n) is 1.37. The standard InChI is InChI=1S/C11H17FN2/c1-3-4-9(2)7-13-10-5-6-11(12)14-8-10/h5-6,8-9,13H,3-4,7H2,1-2H3. The van der Waals surface area contributed by atoms with Crippen LogP contribution in [0.15, 0.2) is 18.3 Å². The number of halogens is 1. The van der Waals surface area contributed by atoms with Gasteiger partial charge in [0.05, 0.1) is 11.9 Å². The summed E-state index contributed by atoms with van der Waals surface area (Å²) in [6, 6.07) is 3.08. The van der Waals surface area contributed by atoms with E-state index in [1.807, 2.05) is 0 Å². The lowest BCUT2D eigenvalue weighted by Gasteiger charge is -2.11. The van der Waals surface area contributed by atoms with Crippen LogP contribution in [0.3, 0.4) is 0 Å². The van der Waals surface area contributed by atoms with E-state index in [9.17, 15) is 4.39 Å². The minimum Gasteiger partial charge on any atom is -0.384 e. The summed E-state index contributed by atoms with van der Waals surface area (Å²) in [6.45, 7) is 5.30. The lowest BCUT2D eigenvalue weighted by atomic mass is 10.1. The van der Waals surface area contributed by atoms with Crippen molar-refractivity contribution in [1.29, 1.82) is 0 Å². The van der Waals surface area contributed by atoms with E-state index in [2.05, 4.69) is 24.1 Å². The summed E-state index contributed by atoms with van der Waals surface area (Å²) < 4.78 is 12.5. The summed E-state index contributed by atoms with van der Waals surface area (Å²) >= 11 is 0. The highest BCUT2D eigenvalue weighted by molar-refractivity contribution is 5.39. The van der Waals surface area contributed by atoms with Crippen molar-refractivity contribution in [1.82, 2.24) is 4.98 Å². The van der Waals surface area contributed by atoms with Gasteiger partial charge in [-0.15, -0.1) is 0 Å². The predicted molar refractivity (Wildman–Crippen MR) is 56.8 cm³/mol. The number of aromatic nitrogens is 1. The molecule has 1 atom stereocenters. The first-order valence-electron chi connectivity index (χ1n) is 5.07. The Kier molecular flexibility index (Phi) is 4.36. The van der Waals surface area contributed by atoms with Crippen LogP contribution in [0, 0.1) is 11.9 Å². The summed E-state index contributed by atoms with van der Waals surface area (Å²) in [5.74, 6) is 0.210. The molecule has 0 saturated carbocycles. The Hall–Kier alpha value is -1.12. The predicted octanol–water partition coefficient (Wildman–Crippen LogP) is 3.07. The van der Waals surface area contributed by atoms with Crippen molar-refractivity contribution in [3.05, 3.63) is 24.3 Å². The zero-order valence-corrected chi connectivity index (χ0v) is 8.76. The van der Waals surface area contributed by atoms with E-state index in [1.165, 1.54) is 25.1 Å². The molecule has 3 heteroatoms. The number of pyridine rings is 1. The maximum Gasteiger partial charge on any atom is 0.212 e. The van der Waals surface area contributed by atoms with Gasteiger partial charge in [-0.1, -0.05) is 20.3 Å². The molecule has 0 saturated heterocycles. The Bertz CT molecular complexity index is 258. The topological polar surface area (TPSA) is 24.9 Å². The Morgan fingerprint density at radius 1 is 1.50 bits per heavy atom. The van der Waals surface area contributed by atoms with Crippen LogP contribution in [0.5, 0.6) is 0 Å². The van der Waals surface area contributed by atoms with Gasteiger partial charge in [0.1, 0.15) is 0 Å². The van der Waals surface area contributed by atoms with Crippen LogP contribution in [0.2, 0.25) is 0 Å². The van der Waals surface area contributed by atoms with Crippen molar-refractivity contribution >= 4 is 5.69 Å². The SMILES string of the molecule is CCCC(C)CNc1ccc(F)nc1. The van der Waals surface area contributed by atoms with E-state index in [4.69, 9.17) is 0 Å². The number of nitrogens with zero attached hydrogens (tertiary/aromatic N) is 1. The molecule has 0 aliphatic carbocycles. The highest BCUT2D eigenvalue weighted by atomic mass is 19.1. The molecule has 78 valence electrons. The molecular weight excluding hydrogens is 179 g/mol. The van der Waals surface area contributed by atoms with Crippen molar-refractivity contribution < 1.29 is 4.39 Å². The van der Waals surface area contributed by atoms with E-state index in [0.717, 1.165) is 12.2 Å². The zero-order valence-electron chi connectivity index (χ0n) is 8.76. The molecule has 0 aliphatic rings. The highest BCUT2D eigenvalue weighted by Gasteiger charge is 2.00. The van der Waals surface area contributed by atoms with Crippen LogP contribution in [-0.4, -0.2) is 11.5 Å². The van der Waals surface area contributed by atoms with Gasteiger partial charge in [0, 0.05) is 6.54 Å². The largest absolute Gasteiger partial charge is 0.384 e. The quantitative estimate of drug-likeness (QED) is 0.732. The van der Waals surface area contributed by atoms with Gasteiger partial charge < -0.3 is 5.32 Å². The number of anilines is 1. The molecule has 1 aromatic rings. The Labute approximate surface area is 84.6 Å². The fraction of sp³-hybridized carbons (Fsp3) is 0.545. The van der Waals surface area contributed by atoms with Crippen molar-refractivity contribution in [2.45, 2.75) is 26.7 Å². The fourth-order valence-corrected chi connectivity index (χ4v) is 1.37. The van der Waals surface area contributed by atoms with Crippen molar-refractivity contribution in [3.63, 3.8) is 0 Å². The molecule has 0 aromatic carbocycles. The molecule has 1 N–H and O–H groups in total. The maximum atomic E-state index is 12.5. The summed E-state index contributed by atoms with van der Waals surface area (Å²) in [5.41, 5.74) is 0.884. The summed E-state index contributed by atoms with van der Waals surface area (Å²) in [7, 11) is 0. The average Bonchev–Trinajstić information content (AvgIpc) is 2.17. The molecule has 0 amide bonds. The third kappa shape index (κ3) is 3.73. The third-order valence-electron chi connectivity index (χ3n) is 2.16. The van der Waals surface area contributed by atoms with Crippen LogP contribution in [0.25, 0.3) is 0 Å². The molecule has 0 radical (unpaired) electrons. The van der Waals surface area contributed by atoms with Crippen LogP contribution in [0.1, 0.15) is 26.7 Å². The number of rotatable bonds is 5. The molecule has 1 aromatic heterocycles. The third-order valence-corrected chi connectivity index (χ3v) is 2.16. The van der Waals surface area contributed by atoms with Gasteiger partial charge in [0.25, 0.3) is 0 Å². The van der Waals surface area contributed by atoms with Gasteiger partial charge >= 0.3 is 0 Å². The Morgan fingerprint density at radius 3 is 2.86 bits per heavy atom. The first kappa shape index (κ1) is 11.0. The van der Waals surface area contributed by atoms with Crippen LogP contribution in [-0.2, 0) is 0 Å². The Morgan fingerprint density at radius 2 is 2.29 bits per heavy atom. The van der Waals surface area contributed by atoms with Gasteiger partial charge in [-0.3, -0.25) is 0 Å². The second-order valence-corrected chi connectivity index (χ2v) is 3.64. The van der Waals surface area contributed by atoms with E-state index in [1.54, 1.807) is 6.07 Å². The highest BCUT2D eigenvalue weighted by Crippen LogP contribution is 2.09. The van der Waals surface area contributed by atoms with E-state index >= 15 is 0 Å². The molecule has 0 aliphatic heterocycles. The zero-order chi connectivity index (χ0) is 10.4. The lowest BCUT2D eigenvalue weighted by molar-refractivity contribution is 0.550. The van der Waals surface area contributed by atoms with Crippen LogP contribution in [0.4, 0.5) is 10.1 Å². The van der Waals surface area contributed by atoms with Crippen molar-refractivity contribution in [2.75, 3.05) is 11.9 Å². The first-order chi connectivity index (χ1) is 6.72. The molecule has 2 nitrogen and oxygen atoms in total. The molecule has 1 heterocycles. The molecule has 0 fully saturated rings. The lowest BCUT2D eigenvalue weighted by Crippen LogP contribution is -2.11. The van der Waals surface area contributed by atoms with Gasteiger partial charge in [0.15, 0.2) is 0 Å². The minimum absolute atomic E-state index is 0.433. The molecule has 1 rings (SSSR count). The van der Waals surface area contributed by atoms with Gasteiger partial charge in [-0.2, -0.15) is 4.39 Å². The van der Waals surface area contributed by atoms with Gasteiger partial charge in [0.2, 0.25) is 5.95 Å². The molecule has 0 spiro atoms. The Balaban J connectivity index is 2.34.